The summed E-state index contributed by atoms with van der Waals surface area (Å²) in [5.74, 6) is -1.02. The van der Waals surface area contributed by atoms with Gasteiger partial charge < -0.3 is 15.5 Å². The number of nitrogens with zero attached hydrogens (tertiary/aromatic N) is 1. The van der Waals surface area contributed by atoms with Gasteiger partial charge in [-0.3, -0.25) is 9.59 Å². The molecule has 6 heteroatoms. The van der Waals surface area contributed by atoms with Crippen molar-refractivity contribution in [3.05, 3.63) is 59.9 Å². The van der Waals surface area contributed by atoms with Crippen LogP contribution in [0.5, 0.6) is 0 Å². The number of rotatable bonds is 9. The molecule has 2 unspecified atom stereocenters. The molecule has 0 radical (unpaired) electrons. The average molecular weight is 397 g/mol. The van der Waals surface area contributed by atoms with Crippen molar-refractivity contribution in [1.29, 1.82) is 0 Å². The largest absolute Gasteiger partial charge is 0.372 e. The Balaban J connectivity index is 1.42. The Kier molecular flexibility index (Phi) is 6.86. The van der Waals surface area contributed by atoms with E-state index in [1.54, 1.807) is 12.1 Å². The van der Waals surface area contributed by atoms with Crippen molar-refractivity contribution in [2.45, 2.75) is 26.7 Å². The molecule has 1 saturated carbocycles. The number of carbonyl (C=O) groups is 2. The Labute approximate surface area is 171 Å². The summed E-state index contributed by atoms with van der Waals surface area (Å²) in [7, 11) is 0. The molecule has 2 N–H and O–H groups in total. The monoisotopic (exact) mass is 397 g/mol. The zero-order valence-corrected chi connectivity index (χ0v) is 17.0. The van der Waals surface area contributed by atoms with Crippen molar-refractivity contribution in [2.75, 3.05) is 29.9 Å². The van der Waals surface area contributed by atoms with Gasteiger partial charge in [0.05, 0.1) is 11.8 Å². The zero-order chi connectivity index (χ0) is 20.8. The second-order valence-corrected chi connectivity index (χ2v) is 7.32. The fourth-order valence-corrected chi connectivity index (χ4v) is 3.47. The molecule has 0 spiro atoms. The molecule has 2 amide bonds. The topological polar surface area (TPSA) is 61.4 Å². The lowest BCUT2D eigenvalue weighted by Crippen LogP contribution is -2.29. The fraction of sp³-hybridized carbons (Fsp3) is 0.391. The zero-order valence-electron chi connectivity index (χ0n) is 17.0. The molecule has 1 aliphatic rings. The first kappa shape index (κ1) is 20.8. The quantitative estimate of drug-likeness (QED) is 0.680. The van der Waals surface area contributed by atoms with Crippen molar-refractivity contribution in [1.82, 2.24) is 5.32 Å². The highest BCUT2D eigenvalue weighted by molar-refractivity contribution is 5.99. The van der Waals surface area contributed by atoms with Crippen molar-refractivity contribution in [3.8, 4) is 0 Å². The van der Waals surface area contributed by atoms with Crippen LogP contribution >= 0.6 is 0 Å². The first-order chi connectivity index (χ1) is 14.0. The third kappa shape index (κ3) is 5.56. The predicted octanol–water partition coefficient (Wildman–Crippen LogP) is 3.61. The molecule has 2 aromatic rings. The van der Waals surface area contributed by atoms with Gasteiger partial charge in [0, 0.05) is 31.0 Å². The van der Waals surface area contributed by atoms with Gasteiger partial charge in [0.1, 0.15) is 5.82 Å². The molecule has 1 aliphatic carbocycles. The molecule has 1 fully saturated rings. The van der Waals surface area contributed by atoms with Gasteiger partial charge in [-0.15, -0.1) is 0 Å². The minimum atomic E-state index is -0.275. The molecule has 2 aromatic carbocycles. The summed E-state index contributed by atoms with van der Waals surface area (Å²) in [6, 6.07) is 14.0. The molecule has 154 valence electrons. The van der Waals surface area contributed by atoms with Crippen LogP contribution in [0.4, 0.5) is 15.8 Å². The third-order valence-electron chi connectivity index (χ3n) is 5.35. The minimum absolute atomic E-state index is 0.0934. The molecule has 2 atom stereocenters. The molecule has 3 rings (SSSR count). The van der Waals surface area contributed by atoms with Gasteiger partial charge in [-0.05, 0) is 68.7 Å². The lowest BCUT2D eigenvalue weighted by molar-refractivity contribution is -0.125. The Morgan fingerprint density at radius 2 is 1.59 bits per heavy atom. The van der Waals surface area contributed by atoms with Gasteiger partial charge in [-0.2, -0.15) is 0 Å². The normalized spacial score (nSPS) is 17.5. The van der Waals surface area contributed by atoms with Gasteiger partial charge in [-0.25, -0.2) is 4.39 Å². The molecule has 0 saturated heterocycles. The highest BCUT2D eigenvalue weighted by atomic mass is 19.1. The highest BCUT2D eigenvalue weighted by Gasteiger charge is 2.47. The molecule has 0 heterocycles. The highest BCUT2D eigenvalue weighted by Crippen LogP contribution is 2.39. The van der Waals surface area contributed by atoms with E-state index < -0.39 is 0 Å². The van der Waals surface area contributed by atoms with E-state index in [2.05, 4.69) is 29.4 Å². The number of amides is 2. The average Bonchev–Trinajstić information content (AvgIpc) is 3.53. The molecular formula is C23H28FN3O2. The second kappa shape index (κ2) is 9.54. The number of carbonyl (C=O) groups excluding carboxylic acids is 2. The van der Waals surface area contributed by atoms with E-state index in [1.165, 1.54) is 12.1 Å². The van der Waals surface area contributed by atoms with Gasteiger partial charge in [0.15, 0.2) is 0 Å². The number of anilines is 2. The molecular weight excluding hydrogens is 369 g/mol. The third-order valence-corrected chi connectivity index (χ3v) is 5.35. The Hall–Kier alpha value is -2.89. The number of nitrogens with one attached hydrogen (secondary N) is 2. The van der Waals surface area contributed by atoms with Gasteiger partial charge in [0.2, 0.25) is 11.8 Å². The van der Waals surface area contributed by atoms with E-state index in [-0.39, 0.29) is 29.5 Å². The fourth-order valence-electron chi connectivity index (χ4n) is 3.47. The van der Waals surface area contributed by atoms with Crippen molar-refractivity contribution in [2.24, 2.45) is 11.8 Å². The van der Waals surface area contributed by atoms with Crippen LogP contribution in [0, 0.1) is 17.7 Å². The van der Waals surface area contributed by atoms with E-state index in [9.17, 15) is 14.0 Å². The summed E-state index contributed by atoms with van der Waals surface area (Å²) in [5, 5.41) is 5.78. The Morgan fingerprint density at radius 1 is 0.966 bits per heavy atom. The molecule has 0 bridgehead atoms. The SMILES string of the molecule is CCN(CC)c1ccc(NC(=O)C2CC2C(=O)NCCc2ccc(F)cc2)cc1. The smallest absolute Gasteiger partial charge is 0.228 e. The van der Waals surface area contributed by atoms with Gasteiger partial charge in [-0.1, -0.05) is 12.1 Å². The maximum absolute atomic E-state index is 12.9. The first-order valence-corrected chi connectivity index (χ1v) is 10.2. The van der Waals surface area contributed by atoms with Crippen LogP contribution in [-0.2, 0) is 16.0 Å². The maximum atomic E-state index is 12.9. The standard InChI is InChI=1S/C23H28FN3O2/c1-3-27(4-2)19-11-9-18(10-12-19)26-23(29)21-15-20(21)22(28)25-14-13-16-5-7-17(24)8-6-16/h5-12,20-21H,3-4,13-15H2,1-2H3,(H,25,28)(H,26,29). The molecule has 0 aromatic heterocycles. The molecule has 0 aliphatic heterocycles. The van der Waals surface area contributed by atoms with E-state index in [0.29, 0.717) is 19.4 Å². The minimum Gasteiger partial charge on any atom is -0.372 e. The summed E-state index contributed by atoms with van der Waals surface area (Å²) in [4.78, 5) is 26.9. The van der Waals surface area contributed by atoms with Crippen LogP contribution in [-0.4, -0.2) is 31.4 Å². The first-order valence-electron chi connectivity index (χ1n) is 10.2. The Bertz CT molecular complexity index is 832. The summed E-state index contributed by atoms with van der Waals surface area (Å²) in [6.07, 6.45) is 1.21. The van der Waals surface area contributed by atoms with Crippen LogP contribution in [0.15, 0.2) is 48.5 Å². The lowest BCUT2D eigenvalue weighted by atomic mass is 10.1. The maximum Gasteiger partial charge on any atom is 0.228 e. The summed E-state index contributed by atoms with van der Waals surface area (Å²) < 4.78 is 12.9. The van der Waals surface area contributed by atoms with Crippen molar-refractivity contribution >= 4 is 23.2 Å². The van der Waals surface area contributed by atoms with E-state index in [0.717, 1.165) is 30.0 Å². The van der Waals surface area contributed by atoms with Crippen LogP contribution in [0.2, 0.25) is 0 Å². The van der Waals surface area contributed by atoms with Crippen LogP contribution < -0.4 is 15.5 Å². The van der Waals surface area contributed by atoms with E-state index >= 15 is 0 Å². The van der Waals surface area contributed by atoms with Crippen molar-refractivity contribution in [3.63, 3.8) is 0 Å². The number of hydrogen-bond acceptors (Lipinski definition) is 3. The van der Waals surface area contributed by atoms with E-state index in [1.807, 2.05) is 24.3 Å². The summed E-state index contributed by atoms with van der Waals surface area (Å²) in [6.45, 7) is 6.56. The van der Waals surface area contributed by atoms with Crippen LogP contribution in [0.1, 0.15) is 25.8 Å². The summed E-state index contributed by atoms with van der Waals surface area (Å²) >= 11 is 0. The Morgan fingerprint density at radius 3 is 2.21 bits per heavy atom. The second-order valence-electron chi connectivity index (χ2n) is 7.32. The predicted molar refractivity (Wildman–Crippen MR) is 113 cm³/mol. The lowest BCUT2D eigenvalue weighted by Gasteiger charge is -2.21. The molecule has 5 nitrogen and oxygen atoms in total. The molecule has 29 heavy (non-hydrogen) atoms. The van der Waals surface area contributed by atoms with Crippen molar-refractivity contribution < 1.29 is 14.0 Å². The summed E-state index contributed by atoms with van der Waals surface area (Å²) in [5.41, 5.74) is 2.83. The van der Waals surface area contributed by atoms with Gasteiger partial charge >= 0.3 is 0 Å². The number of benzene rings is 2. The van der Waals surface area contributed by atoms with Gasteiger partial charge in [0.25, 0.3) is 0 Å². The number of halogens is 1. The van der Waals surface area contributed by atoms with Crippen LogP contribution in [0.3, 0.4) is 0 Å². The number of hydrogen-bond donors (Lipinski definition) is 2. The van der Waals surface area contributed by atoms with E-state index in [4.69, 9.17) is 0 Å². The van der Waals surface area contributed by atoms with Crippen LogP contribution in [0.25, 0.3) is 0 Å².